The molecular formula is C21H23N5O2. The van der Waals surface area contributed by atoms with Crippen LogP contribution in [-0.4, -0.2) is 45.0 Å². The van der Waals surface area contributed by atoms with Crippen LogP contribution in [0.3, 0.4) is 0 Å². The summed E-state index contributed by atoms with van der Waals surface area (Å²) >= 11 is 0. The van der Waals surface area contributed by atoms with Gasteiger partial charge in [-0.05, 0) is 56.2 Å². The molecule has 2 aliphatic carbocycles. The first-order chi connectivity index (χ1) is 13.7. The molecule has 1 aromatic carbocycles. The lowest BCUT2D eigenvalue weighted by molar-refractivity contribution is 0.0889. The number of aromatic nitrogens is 4. The number of hydrogen-bond acceptors (Lipinski definition) is 6. The summed E-state index contributed by atoms with van der Waals surface area (Å²) in [4.78, 5) is 8.81. The third-order valence-electron chi connectivity index (χ3n) is 6.23. The van der Waals surface area contributed by atoms with Gasteiger partial charge >= 0.3 is 0 Å². The molecule has 3 aromatic rings. The number of H-pyrrole nitrogens is 1. The molecule has 0 amide bonds. The predicted molar refractivity (Wildman–Crippen MR) is 105 cm³/mol. The minimum absolute atomic E-state index is 0.00748. The van der Waals surface area contributed by atoms with Crippen molar-refractivity contribution in [1.29, 1.82) is 0 Å². The van der Waals surface area contributed by atoms with E-state index in [1.807, 2.05) is 24.3 Å². The van der Waals surface area contributed by atoms with Gasteiger partial charge in [-0.2, -0.15) is 5.10 Å². The Balaban J connectivity index is 1.25. The number of benzene rings is 1. The molecule has 1 aliphatic heterocycles. The fraction of sp³-hybridized carbons (Fsp3) is 0.476. The fourth-order valence-electron chi connectivity index (χ4n) is 4.10. The number of nitrogens with one attached hydrogen (secondary N) is 2. The molecule has 6 rings (SSSR count). The average molecular weight is 377 g/mol. The van der Waals surface area contributed by atoms with Crippen molar-refractivity contribution in [2.24, 2.45) is 11.8 Å². The Kier molecular flexibility index (Phi) is 3.44. The van der Waals surface area contributed by atoms with Gasteiger partial charge in [0, 0.05) is 18.0 Å². The van der Waals surface area contributed by atoms with E-state index in [4.69, 9.17) is 9.47 Å². The molecular weight excluding hydrogens is 354 g/mol. The van der Waals surface area contributed by atoms with Gasteiger partial charge in [0.15, 0.2) is 0 Å². The Morgan fingerprint density at radius 3 is 3.00 bits per heavy atom. The van der Waals surface area contributed by atoms with E-state index in [2.05, 4.69) is 32.4 Å². The number of anilines is 1. The molecule has 3 heterocycles. The van der Waals surface area contributed by atoms with Gasteiger partial charge in [0.1, 0.15) is 29.2 Å². The second kappa shape index (κ2) is 5.91. The zero-order valence-electron chi connectivity index (χ0n) is 15.8. The summed E-state index contributed by atoms with van der Waals surface area (Å²) in [7, 11) is 0. The van der Waals surface area contributed by atoms with E-state index in [0.29, 0.717) is 6.10 Å². The minimum Gasteiger partial charge on any atom is -0.488 e. The first-order valence-corrected chi connectivity index (χ1v) is 10.0. The van der Waals surface area contributed by atoms with Gasteiger partial charge in [0.25, 0.3) is 0 Å². The van der Waals surface area contributed by atoms with E-state index < -0.39 is 0 Å². The molecule has 3 unspecified atom stereocenters. The van der Waals surface area contributed by atoms with Crippen LogP contribution in [0.4, 0.5) is 5.82 Å². The summed E-state index contributed by atoms with van der Waals surface area (Å²) in [6.07, 6.45) is 5.41. The SMILES string of the molecule is CC1(Oc2ccc3[nH]nc(-c4cc(NCC5OCC6CC65)ncn4)c3c2)CC1. The Bertz CT molecular complexity index is 1040. The van der Waals surface area contributed by atoms with Gasteiger partial charge < -0.3 is 14.8 Å². The van der Waals surface area contributed by atoms with Crippen LogP contribution in [0.2, 0.25) is 0 Å². The highest BCUT2D eigenvalue weighted by Crippen LogP contribution is 2.48. The molecule has 3 atom stereocenters. The van der Waals surface area contributed by atoms with Crippen molar-refractivity contribution in [3.8, 4) is 17.1 Å². The molecule has 28 heavy (non-hydrogen) atoms. The number of nitrogens with zero attached hydrogens (tertiary/aromatic N) is 3. The van der Waals surface area contributed by atoms with Crippen molar-refractivity contribution in [2.75, 3.05) is 18.5 Å². The monoisotopic (exact) mass is 377 g/mol. The Morgan fingerprint density at radius 1 is 1.29 bits per heavy atom. The molecule has 144 valence electrons. The zero-order chi connectivity index (χ0) is 18.7. The summed E-state index contributed by atoms with van der Waals surface area (Å²) in [6, 6.07) is 8.00. The van der Waals surface area contributed by atoms with Gasteiger partial charge in [-0.15, -0.1) is 0 Å². The van der Waals surface area contributed by atoms with E-state index >= 15 is 0 Å². The van der Waals surface area contributed by atoms with Gasteiger partial charge in [0.05, 0.1) is 23.9 Å². The summed E-state index contributed by atoms with van der Waals surface area (Å²) in [5.41, 5.74) is 2.56. The maximum atomic E-state index is 6.11. The minimum atomic E-state index is -0.00748. The third kappa shape index (κ3) is 2.90. The first-order valence-electron chi connectivity index (χ1n) is 10.0. The second-order valence-corrected chi connectivity index (χ2v) is 8.53. The molecule has 2 aromatic heterocycles. The number of hydrogen-bond donors (Lipinski definition) is 2. The van der Waals surface area contributed by atoms with Crippen LogP contribution in [0.25, 0.3) is 22.3 Å². The summed E-state index contributed by atoms with van der Waals surface area (Å²) in [5.74, 6) is 3.19. The molecule has 0 radical (unpaired) electrons. The van der Waals surface area contributed by atoms with Crippen LogP contribution in [-0.2, 0) is 4.74 Å². The largest absolute Gasteiger partial charge is 0.488 e. The highest BCUT2D eigenvalue weighted by Gasteiger charge is 2.49. The summed E-state index contributed by atoms with van der Waals surface area (Å²) in [6.45, 7) is 3.85. The molecule has 7 nitrogen and oxygen atoms in total. The van der Waals surface area contributed by atoms with Gasteiger partial charge in [-0.25, -0.2) is 9.97 Å². The Labute approximate surface area is 162 Å². The third-order valence-corrected chi connectivity index (χ3v) is 6.23. The predicted octanol–water partition coefficient (Wildman–Crippen LogP) is 3.40. The van der Waals surface area contributed by atoms with E-state index in [0.717, 1.165) is 71.7 Å². The first kappa shape index (κ1) is 16.3. The molecule has 0 bridgehead atoms. The van der Waals surface area contributed by atoms with Crippen LogP contribution < -0.4 is 10.1 Å². The number of ether oxygens (including phenoxy) is 2. The lowest BCUT2D eigenvalue weighted by Crippen LogP contribution is -2.22. The molecule has 7 heteroatoms. The number of aromatic amines is 1. The maximum absolute atomic E-state index is 6.11. The van der Waals surface area contributed by atoms with Gasteiger partial charge in [-0.3, -0.25) is 5.10 Å². The number of rotatable bonds is 6. The Morgan fingerprint density at radius 2 is 2.21 bits per heavy atom. The van der Waals surface area contributed by atoms with Crippen molar-refractivity contribution >= 4 is 16.7 Å². The van der Waals surface area contributed by atoms with E-state index in [9.17, 15) is 0 Å². The van der Waals surface area contributed by atoms with Crippen molar-refractivity contribution in [2.45, 2.75) is 37.9 Å². The Hall–Kier alpha value is -2.67. The molecule has 2 N–H and O–H groups in total. The smallest absolute Gasteiger partial charge is 0.130 e. The second-order valence-electron chi connectivity index (χ2n) is 8.53. The molecule has 2 saturated carbocycles. The van der Waals surface area contributed by atoms with Crippen LogP contribution in [0.1, 0.15) is 26.2 Å². The highest BCUT2D eigenvalue weighted by molar-refractivity contribution is 5.93. The molecule has 1 saturated heterocycles. The van der Waals surface area contributed by atoms with Crippen LogP contribution in [0.5, 0.6) is 5.75 Å². The summed E-state index contributed by atoms with van der Waals surface area (Å²) < 4.78 is 11.9. The lowest BCUT2D eigenvalue weighted by Gasteiger charge is -2.14. The van der Waals surface area contributed by atoms with Gasteiger partial charge in [-0.1, -0.05) is 0 Å². The number of fused-ring (bicyclic) bond motifs is 2. The molecule has 3 aliphatic rings. The maximum Gasteiger partial charge on any atom is 0.130 e. The summed E-state index contributed by atoms with van der Waals surface area (Å²) in [5, 5.41) is 12.0. The average Bonchev–Trinajstić information content (AvgIpc) is 3.55. The highest BCUT2D eigenvalue weighted by atomic mass is 16.5. The van der Waals surface area contributed by atoms with Crippen molar-refractivity contribution in [1.82, 2.24) is 20.2 Å². The van der Waals surface area contributed by atoms with E-state index in [1.54, 1.807) is 6.33 Å². The lowest BCUT2D eigenvalue weighted by atomic mass is 10.1. The standard InChI is InChI=1S/C21H23N5O2/c1-21(4-5-21)28-13-2-3-16-15(7-13)20(26-25-16)17-8-19(24-11-23-17)22-9-18-14-6-12(14)10-27-18/h2-3,7-8,11-12,14,18H,4-6,9-10H2,1H3,(H,25,26)(H,22,23,24). The topological polar surface area (TPSA) is 85.0 Å². The van der Waals surface area contributed by atoms with Crippen LogP contribution in [0, 0.1) is 11.8 Å². The fourth-order valence-corrected chi connectivity index (χ4v) is 4.10. The van der Waals surface area contributed by atoms with Gasteiger partial charge in [0.2, 0.25) is 0 Å². The van der Waals surface area contributed by atoms with Crippen molar-refractivity contribution in [3.63, 3.8) is 0 Å². The zero-order valence-corrected chi connectivity index (χ0v) is 15.8. The van der Waals surface area contributed by atoms with Crippen molar-refractivity contribution in [3.05, 3.63) is 30.6 Å². The van der Waals surface area contributed by atoms with E-state index in [1.165, 1.54) is 6.42 Å². The van der Waals surface area contributed by atoms with Crippen molar-refractivity contribution < 1.29 is 9.47 Å². The normalized spacial score (nSPS) is 26.8. The van der Waals surface area contributed by atoms with E-state index in [-0.39, 0.29) is 5.60 Å². The quantitative estimate of drug-likeness (QED) is 0.685. The van der Waals surface area contributed by atoms with Crippen LogP contribution >= 0.6 is 0 Å². The molecule has 3 fully saturated rings. The molecule has 0 spiro atoms. The van der Waals surface area contributed by atoms with Crippen LogP contribution in [0.15, 0.2) is 30.6 Å².